The first kappa shape index (κ1) is 33.2. The maximum absolute atomic E-state index is 14.4. The number of aryl methyl sites for hydroxylation is 2. The number of phenolic OH excluding ortho intramolecular Hbond substituents is 1. The Morgan fingerprint density at radius 1 is 1.02 bits per heavy atom. The normalized spacial score (nSPS) is 12.5. The summed E-state index contributed by atoms with van der Waals surface area (Å²) in [6.45, 7) is 12.9. The molecule has 43 heavy (non-hydrogen) atoms. The quantitative estimate of drug-likeness (QED) is 0.210. The van der Waals surface area contributed by atoms with Gasteiger partial charge in [0.05, 0.1) is 10.7 Å². The van der Waals surface area contributed by atoms with E-state index < -0.39 is 35.6 Å². The number of nitrogens with zero attached hydrogens (tertiary/aromatic N) is 1. The molecule has 228 valence electrons. The number of aromatic hydroxyl groups is 1. The molecule has 8 nitrogen and oxygen atoms in total. The van der Waals surface area contributed by atoms with E-state index >= 15 is 0 Å². The van der Waals surface area contributed by atoms with Crippen molar-refractivity contribution in [3.05, 3.63) is 107 Å². The molecule has 0 aliphatic heterocycles. The van der Waals surface area contributed by atoms with Crippen LogP contribution in [0.2, 0.25) is 5.02 Å². The molecular formula is C34H40ClN3O5. The highest BCUT2D eigenvalue weighted by Gasteiger charge is 2.36. The van der Waals surface area contributed by atoms with Crippen LogP contribution in [-0.2, 0) is 27.2 Å². The fourth-order valence-electron chi connectivity index (χ4n) is 4.57. The minimum absolute atomic E-state index is 0.00995. The summed E-state index contributed by atoms with van der Waals surface area (Å²) in [5.41, 5.74) is 2.75. The predicted octanol–water partition coefficient (Wildman–Crippen LogP) is 6.75. The first-order chi connectivity index (χ1) is 20.3. The molecule has 0 heterocycles. The molecular weight excluding hydrogens is 566 g/mol. The molecule has 0 saturated carbocycles. The van der Waals surface area contributed by atoms with E-state index in [1.807, 2.05) is 44.2 Å². The molecule has 0 aliphatic rings. The number of ether oxygens (including phenoxy) is 1. The van der Waals surface area contributed by atoms with Gasteiger partial charge in [-0.25, -0.2) is 4.79 Å². The zero-order chi connectivity index (χ0) is 31.7. The number of nitrogens with one attached hydrogen (secondary N) is 2. The third kappa shape index (κ3) is 9.35. The smallest absolute Gasteiger partial charge is 0.408 e. The second-order valence-corrected chi connectivity index (χ2v) is 11.7. The fraction of sp³-hybridized carbons (Fsp3) is 0.324. The summed E-state index contributed by atoms with van der Waals surface area (Å²) in [7, 11) is 0. The lowest BCUT2D eigenvalue weighted by atomic mass is 9.98. The summed E-state index contributed by atoms with van der Waals surface area (Å²) in [5, 5.41) is 15.8. The number of rotatable bonds is 11. The zero-order valence-corrected chi connectivity index (χ0v) is 26.1. The lowest BCUT2D eigenvalue weighted by Gasteiger charge is -2.34. The average Bonchev–Trinajstić information content (AvgIpc) is 2.94. The Hall–Kier alpha value is -4.30. The van der Waals surface area contributed by atoms with Gasteiger partial charge in [-0.3, -0.25) is 9.59 Å². The van der Waals surface area contributed by atoms with Crippen LogP contribution in [0, 0.1) is 6.92 Å². The van der Waals surface area contributed by atoms with Crippen molar-refractivity contribution in [3.63, 3.8) is 0 Å². The van der Waals surface area contributed by atoms with E-state index in [1.54, 1.807) is 45.0 Å². The van der Waals surface area contributed by atoms with E-state index in [9.17, 15) is 19.5 Å². The van der Waals surface area contributed by atoms with Gasteiger partial charge < -0.3 is 25.4 Å². The number of phenols is 1. The maximum Gasteiger partial charge on any atom is 0.408 e. The monoisotopic (exact) mass is 605 g/mol. The Morgan fingerprint density at radius 2 is 1.65 bits per heavy atom. The Bertz CT molecular complexity index is 1410. The van der Waals surface area contributed by atoms with Crippen LogP contribution in [0.1, 0.15) is 56.0 Å². The maximum atomic E-state index is 14.4. The predicted molar refractivity (Wildman–Crippen MR) is 170 cm³/mol. The summed E-state index contributed by atoms with van der Waals surface area (Å²) in [4.78, 5) is 42.8. The van der Waals surface area contributed by atoms with Gasteiger partial charge in [0.15, 0.2) is 0 Å². The van der Waals surface area contributed by atoms with Gasteiger partial charge in [-0.15, -0.1) is 6.58 Å². The first-order valence-corrected chi connectivity index (χ1v) is 14.5. The largest absolute Gasteiger partial charge is 0.508 e. The molecule has 0 fully saturated rings. The van der Waals surface area contributed by atoms with Crippen molar-refractivity contribution < 1.29 is 24.2 Å². The number of amides is 3. The second-order valence-electron chi connectivity index (χ2n) is 11.3. The number of hydrogen-bond acceptors (Lipinski definition) is 5. The minimum atomic E-state index is -1.10. The molecule has 0 aromatic heterocycles. The SMILES string of the molecule is C=CCN(C(=O)C(Cc1ccc(O)cc1)NC(=O)OC(C)(C)C)C(C(=O)Nc1c(C)cccc1Cl)c1ccc(CC)cc1. The molecule has 0 bridgehead atoms. The van der Waals surface area contributed by atoms with Crippen LogP contribution in [0.5, 0.6) is 5.75 Å². The summed E-state index contributed by atoms with van der Waals surface area (Å²) in [6, 6.07) is 16.9. The number of hydrogen-bond donors (Lipinski definition) is 3. The van der Waals surface area contributed by atoms with Gasteiger partial charge >= 0.3 is 6.09 Å². The van der Waals surface area contributed by atoms with Crippen LogP contribution in [0.4, 0.5) is 10.5 Å². The number of carbonyl (C=O) groups is 3. The zero-order valence-electron chi connectivity index (χ0n) is 25.3. The van der Waals surface area contributed by atoms with Gasteiger partial charge in [0.2, 0.25) is 5.91 Å². The topological polar surface area (TPSA) is 108 Å². The number of carbonyl (C=O) groups excluding carboxylic acids is 3. The molecule has 0 radical (unpaired) electrons. The van der Waals surface area contributed by atoms with Gasteiger partial charge in [-0.05, 0) is 74.6 Å². The first-order valence-electron chi connectivity index (χ1n) is 14.2. The van der Waals surface area contributed by atoms with Crippen molar-refractivity contribution in [2.75, 3.05) is 11.9 Å². The summed E-state index contributed by atoms with van der Waals surface area (Å²) < 4.78 is 5.46. The highest BCUT2D eigenvalue weighted by Crippen LogP contribution is 2.30. The average molecular weight is 606 g/mol. The van der Waals surface area contributed by atoms with Gasteiger partial charge in [0.1, 0.15) is 23.4 Å². The van der Waals surface area contributed by atoms with Gasteiger partial charge in [-0.1, -0.05) is 73.1 Å². The van der Waals surface area contributed by atoms with E-state index in [-0.39, 0.29) is 18.7 Å². The minimum Gasteiger partial charge on any atom is -0.508 e. The number of halogens is 1. The molecule has 3 rings (SSSR count). The third-order valence-corrected chi connectivity index (χ3v) is 7.02. The molecule has 3 aromatic carbocycles. The van der Waals surface area contributed by atoms with Gasteiger partial charge in [0.25, 0.3) is 5.91 Å². The van der Waals surface area contributed by atoms with Crippen LogP contribution < -0.4 is 10.6 Å². The molecule has 3 N–H and O–H groups in total. The van der Waals surface area contributed by atoms with Crippen LogP contribution >= 0.6 is 11.6 Å². The van der Waals surface area contributed by atoms with Crippen molar-refractivity contribution in [1.82, 2.24) is 10.2 Å². The van der Waals surface area contributed by atoms with E-state index in [0.29, 0.717) is 21.8 Å². The van der Waals surface area contributed by atoms with Crippen molar-refractivity contribution in [2.24, 2.45) is 0 Å². The molecule has 0 spiro atoms. The second kappa shape index (κ2) is 14.7. The Kier molecular flexibility index (Phi) is 11.4. The van der Waals surface area contributed by atoms with Crippen molar-refractivity contribution in [3.8, 4) is 5.75 Å². The summed E-state index contributed by atoms with van der Waals surface area (Å²) >= 11 is 6.44. The van der Waals surface area contributed by atoms with Gasteiger partial charge in [-0.2, -0.15) is 0 Å². The van der Waals surface area contributed by atoms with E-state index in [4.69, 9.17) is 16.3 Å². The highest BCUT2D eigenvalue weighted by atomic mass is 35.5. The standard InChI is InChI=1S/C34H40ClN3O5/c1-7-20-38(32(41)28(36-33(42)43-34(4,5)6)21-24-14-18-26(39)19-15-24)30(25-16-12-23(8-2)13-17-25)31(40)37-29-22(3)10-9-11-27(29)35/h7,9-19,28,30,39H,1,8,20-21H2,2-6H3,(H,36,42)(H,37,40). The lowest BCUT2D eigenvalue weighted by Crippen LogP contribution is -2.53. The number of para-hydroxylation sites is 1. The molecule has 3 amide bonds. The molecule has 2 atom stereocenters. The van der Waals surface area contributed by atoms with Crippen LogP contribution in [0.25, 0.3) is 0 Å². The van der Waals surface area contributed by atoms with Crippen molar-refractivity contribution in [1.29, 1.82) is 0 Å². The van der Waals surface area contributed by atoms with E-state index in [2.05, 4.69) is 17.2 Å². The summed E-state index contributed by atoms with van der Waals surface area (Å²) in [5.74, 6) is -0.923. The van der Waals surface area contributed by atoms with Crippen LogP contribution in [-0.4, -0.2) is 46.1 Å². The molecule has 3 aromatic rings. The highest BCUT2D eigenvalue weighted by molar-refractivity contribution is 6.34. The van der Waals surface area contributed by atoms with E-state index in [0.717, 1.165) is 17.5 Å². The van der Waals surface area contributed by atoms with Crippen LogP contribution in [0.3, 0.4) is 0 Å². The third-order valence-electron chi connectivity index (χ3n) is 6.71. The summed E-state index contributed by atoms with van der Waals surface area (Å²) in [6.07, 6.45) is 1.64. The van der Waals surface area contributed by atoms with Gasteiger partial charge in [0, 0.05) is 13.0 Å². The van der Waals surface area contributed by atoms with Crippen molar-refractivity contribution in [2.45, 2.75) is 65.1 Å². The Labute approximate surface area is 258 Å². The number of benzene rings is 3. The van der Waals surface area contributed by atoms with E-state index in [1.165, 1.54) is 23.1 Å². The molecule has 9 heteroatoms. The molecule has 2 unspecified atom stereocenters. The van der Waals surface area contributed by atoms with Crippen molar-refractivity contribution >= 4 is 35.2 Å². The number of anilines is 1. The lowest BCUT2D eigenvalue weighted by molar-refractivity contribution is -0.140. The van der Waals surface area contributed by atoms with Crippen LogP contribution in [0.15, 0.2) is 79.4 Å². The Morgan fingerprint density at radius 3 is 2.21 bits per heavy atom. The fourth-order valence-corrected chi connectivity index (χ4v) is 4.84. The Balaban J connectivity index is 2.08. The molecule has 0 aliphatic carbocycles. The number of alkyl carbamates (subject to hydrolysis) is 1. The molecule has 0 saturated heterocycles.